The van der Waals surface area contributed by atoms with Gasteiger partial charge in [-0.1, -0.05) is 0 Å². The fraction of sp³-hybridized carbons (Fsp3) is 1.00. The topological polar surface area (TPSA) is 12.5 Å². The van der Waals surface area contributed by atoms with Crippen molar-refractivity contribution < 1.29 is 57.5 Å². The van der Waals surface area contributed by atoms with E-state index in [9.17, 15) is 0 Å². The molecule has 0 spiro atoms. The molecular formula is C3H7KO. The Balaban J connectivity index is 0. The molecule has 0 bridgehead atoms. The molecule has 0 aromatic heterocycles. The monoisotopic (exact) mass is 98.0 g/mol. The Hall–Kier alpha value is 1.60. The van der Waals surface area contributed by atoms with E-state index in [-0.39, 0.29) is 52.8 Å². The second-order valence-corrected chi connectivity index (χ2v) is 1.14. The van der Waals surface area contributed by atoms with Crippen LogP contribution >= 0.6 is 0 Å². The van der Waals surface area contributed by atoms with Crippen molar-refractivity contribution in [2.75, 3.05) is 6.61 Å². The molecule has 1 fully saturated rings. The van der Waals surface area contributed by atoms with E-state index in [1.165, 1.54) is 0 Å². The minimum atomic E-state index is 0. The fourth-order valence-corrected chi connectivity index (χ4v) is 0.0962. The second-order valence-electron chi connectivity index (χ2n) is 1.14. The summed E-state index contributed by atoms with van der Waals surface area (Å²) in [4.78, 5) is 0. The average Bonchev–Trinajstić information content (AvgIpc) is 1.75. The molecule has 0 aromatic carbocycles. The Morgan fingerprint density at radius 2 is 2.20 bits per heavy atom. The summed E-state index contributed by atoms with van der Waals surface area (Å²) in [5.41, 5.74) is 0. The van der Waals surface area contributed by atoms with Crippen molar-refractivity contribution in [1.29, 1.82) is 0 Å². The summed E-state index contributed by atoms with van der Waals surface area (Å²) in [6, 6.07) is 0. The molecule has 0 saturated carbocycles. The van der Waals surface area contributed by atoms with Gasteiger partial charge in [-0.25, -0.2) is 0 Å². The van der Waals surface area contributed by atoms with Gasteiger partial charge >= 0.3 is 51.4 Å². The first kappa shape index (κ1) is 6.60. The van der Waals surface area contributed by atoms with E-state index in [2.05, 4.69) is 6.92 Å². The van der Waals surface area contributed by atoms with Gasteiger partial charge in [-0.2, -0.15) is 0 Å². The molecule has 1 heterocycles. The zero-order chi connectivity index (χ0) is 2.99. The molecule has 1 aliphatic heterocycles. The molecule has 1 nitrogen and oxygen atoms in total. The molecule has 1 unspecified atom stereocenters. The van der Waals surface area contributed by atoms with Crippen LogP contribution in [-0.4, -0.2) is 12.7 Å². The molecule has 0 N–H and O–H groups in total. The molecule has 1 atom stereocenters. The predicted molar refractivity (Wildman–Crippen MR) is 16.5 cm³/mol. The SMILES string of the molecule is CC1CO1.[H-].[K+]. The third-order valence-corrected chi connectivity index (χ3v) is 0.500. The average molecular weight is 98.2 g/mol. The molecule has 0 radical (unpaired) electrons. The zero-order valence-electron chi connectivity index (χ0n) is 4.69. The zero-order valence-corrected chi connectivity index (χ0v) is 6.82. The quantitative estimate of drug-likeness (QED) is 0.241. The van der Waals surface area contributed by atoms with Crippen molar-refractivity contribution in [2.24, 2.45) is 0 Å². The van der Waals surface area contributed by atoms with Gasteiger partial charge in [-0.05, 0) is 6.92 Å². The maximum Gasteiger partial charge on any atom is 1.00 e. The number of hydrogen-bond acceptors (Lipinski definition) is 1. The van der Waals surface area contributed by atoms with E-state index in [0.717, 1.165) is 6.61 Å². The molecule has 1 aliphatic rings. The second kappa shape index (κ2) is 2.72. The molecule has 5 heavy (non-hydrogen) atoms. The van der Waals surface area contributed by atoms with Gasteiger partial charge < -0.3 is 6.16 Å². The van der Waals surface area contributed by atoms with Crippen molar-refractivity contribution in [1.82, 2.24) is 0 Å². The van der Waals surface area contributed by atoms with Crippen LogP contribution in [0.25, 0.3) is 0 Å². The summed E-state index contributed by atoms with van der Waals surface area (Å²) >= 11 is 0. The molecular weight excluding hydrogens is 91.1 g/mol. The largest absolute Gasteiger partial charge is 1.00 e. The van der Waals surface area contributed by atoms with Crippen LogP contribution in [0.15, 0.2) is 0 Å². The molecule has 1 rings (SSSR count). The summed E-state index contributed by atoms with van der Waals surface area (Å²) in [6.07, 6.45) is 0.583. The third-order valence-electron chi connectivity index (χ3n) is 0.500. The Morgan fingerprint density at radius 3 is 2.20 bits per heavy atom. The van der Waals surface area contributed by atoms with Gasteiger partial charge in [-0.15, -0.1) is 0 Å². The third kappa shape index (κ3) is 3.43. The van der Waals surface area contributed by atoms with E-state index >= 15 is 0 Å². The van der Waals surface area contributed by atoms with Gasteiger partial charge in [0.15, 0.2) is 0 Å². The van der Waals surface area contributed by atoms with Gasteiger partial charge in [0.2, 0.25) is 0 Å². The van der Waals surface area contributed by atoms with E-state index in [1.807, 2.05) is 0 Å². The van der Waals surface area contributed by atoms with Gasteiger partial charge in [0.25, 0.3) is 0 Å². The van der Waals surface area contributed by atoms with E-state index < -0.39 is 0 Å². The van der Waals surface area contributed by atoms with E-state index in [1.54, 1.807) is 0 Å². The maximum absolute atomic E-state index is 4.71. The summed E-state index contributed by atoms with van der Waals surface area (Å²) in [5.74, 6) is 0. The van der Waals surface area contributed by atoms with Crippen molar-refractivity contribution in [2.45, 2.75) is 13.0 Å². The minimum absolute atomic E-state index is 0. The van der Waals surface area contributed by atoms with Gasteiger partial charge in [-0.3, -0.25) is 0 Å². The summed E-state index contributed by atoms with van der Waals surface area (Å²) in [5, 5.41) is 0. The van der Waals surface area contributed by atoms with Crippen molar-refractivity contribution in [3.8, 4) is 0 Å². The van der Waals surface area contributed by atoms with Crippen LogP contribution in [-0.2, 0) is 4.74 Å². The first-order valence-corrected chi connectivity index (χ1v) is 1.51. The van der Waals surface area contributed by atoms with Crippen LogP contribution in [0.4, 0.5) is 0 Å². The molecule has 26 valence electrons. The van der Waals surface area contributed by atoms with Crippen LogP contribution in [0, 0.1) is 0 Å². The van der Waals surface area contributed by atoms with E-state index in [0.29, 0.717) is 6.10 Å². The van der Waals surface area contributed by atoms with Crippen LogP contribution in [0.2, 0.25) is 0 Å². The van der Waals surface area contributed by atoms with Crippen LogP contribution in [0.1, 0.15) is 8.35 Å². The first-order chi connectivity index (χ1) is 1.89. The predicted octanol–water partition coefficient (Wildman–Crippen LogP) is -2.48. The fourth-order valence-electron chi connectivity index (χ4n) is 0.0962. The van der Waals surface area contributed by atoms with Crippen LogP contribution in [0.5, 0.6) is 0 Å². The molecule has 2 heteroatoms. The van der Waals surface area contributed by atoms with Gasteiger partial charge in [0.1, 0.15) is 0 Å². The smallest absolute Gasteiger partial charge is 1.00 e. The molecule has 1 saturated heterocycles. The van der Waals surface area contributed by atoms with Crippen molar-refractivity contribution >= 4 is 0 Å². The summed E-state index contributed by atoms with van der Waals surface area (Å²) < 4.78 is 4.71. The Kier molecular flexibility index (Phi) is 3.58. The summed E-state index contributed by atoms with van der Waals surface area (Å²) in [6.45, 7) is 3.04. The van der Waals surface area contributed by atoms with Crippen LogP contribution < -0.4 is 51.4 Å². The number of rotatable bonds is 0. The molecule has 0 aromatic rings. The van der Waals surface area contributed by atoms with Gasteiger partial charge in [0, 0.05) is 0 Å². The van der Waals surface area contributed by atoms with Crippen molar-refractivity contribution in [3.05, 3.63) is 0 Å². The number of ether oxygens (including phenoxy) is 1. The Labute approximate surface area is 76.0 Å². The Morgan fingerprint density at radius 1 is 2.00 bits per heavy atom. The first-order valence-electron chi connectivity index (χ1n) is 1.51. The maximum atomic E-state index is 4.71. The Bertz CT molecular complexity index is 30.0. The molecule has 0 aliphatic carbocycles. The standard InChI is InChI=1S/C3H6O.K.H/c1-3-2-4-3;;/h3H,2H2,1H3;;/q;+1;-1. The van der Waals surface area contributed by atoms with Gasteiger partial charge in [0.05, 0.1) is 12.7 Å². The summed E-state index contributed by atoms with van der Waals surface area (Å²) in [7, 11) is 0. The molecule has 0 amide bonds. The van der Waals surface area contributed by atoms with Crippen LogP contribution in [0.3, 0.4) is 0 Å². The number of hydrogen-bond donors (Lipinski definition) is 0. The number of epoxide rings is 1. The normalized spacial score (nSPS) is 31.8. The minimum Gasteiger partial charge on any atom is -1.00 e. The van der Waals surface area contributed by atoms with E-state index in [4.69, 9.17) is 4.74 Å². The van der Waals surface area contributed by atoms with Crippen molar-refractivity contribution in [3.63, 3.8) is 0 Å².